The summed E-state index contributed by atoms with van der Waals surface area (Å²) in [5.74, 6) is -1.92. The molecule has 178 valence electrons. The number of nitrogens with one attached hydrogen (secondary N) is 1. The Hall–Kier alpha value is -3.89. The molecular weight excluding hydrogens is 443 g/mol. The summed E-state index contributed by atoms with van der Waals surface area (Å²) < 4.78 is 15.1. The first-order valence-electron chi connectivity index (χ1n) is 11.0. The van der Waals surface area contributed by atoms with Gasteiger partial charge in [-0.15, -0.1) is 0 Å². The molecule has 0 radical (unpaired) electrons. The quantitative estimate of drug-likeness (QED) is 0.636. The van der Waals surface area contributed by atoms with E-state index < -0.39 is 30.3 Å². The highest BCUT2D eigenvalue weighted by Crippen LogP contribution is 2.23. The van der Waals surface area contributed by atoms with Crippen LogP contribution >= 0.6 is 0 Å². The molecule has 1 aromatic rings. The minimum atomic E-state index is -0.818. The number of urea groups is 1. The molecule has 11 heteroatoms. The Labute approximate surface area is 196 Å². The molecule has 10 nitrogen and oxygen atoms in total. The lowest BCUT2D eigenvalue weighted by molar-refractivity contribution is -0.538. The number of fused-ring (bicyclic) bond motifs is 1. The third-order valence-electron chi connectivity index (χ3n) is 6.18. The summed E-state index contributed by atoms with van der Waals surface area (Å²) in [5.41, 5.74) is 1.38. The van der Waals surface area contributed by atoms with Crippen molar-refractivity contribution in [3.63, 3.8) is 0 Å². The molecular formula is C23H26FN6O4+. The zero-order chi connectivity index (χ0) is 24.4. The van der Waals surface area contributed by atoms with Crippen LogP contribution in [0, 0.1) is 11.7 Å². The molecule has 4 rings (SSSR count). The number of halogens is 1. The molecule has 0 spiro atoms. The number of allylic oxidation sites excluding steroid dienone is 1. The summed E-state index contributed by atoms with van der Waals surface area (Å²) in [6, 6.07) is 5.04. The van der Waals surface area contributed by atoms with E-state index >= 15 is 0 Å². The second-order valence-electron chi connectivity index (χ2n) is 8.32. The molecule has 1 unspecified atom stereocenters. The number of imide groups is 1. The number of carbonyl (C=O) groups excluding carboxylic acids is 4. The molecule has 0 aromatic heterocycles. The highest BCUT2D eigenvalue weighted by atomic mass is 19.1. The summed E-state index contributed by atoms with van der Waals surface area (Å²) in [6.45, 7) is 3.38. The maximum atomic E-state index is 13.4. The van der Waals surface area contributed by atoms with E-state index in [1.165, 1.54) is 31.0 Å². The number of aliphatic imine (C=N–C) groups is 1. The summed E-state index contributed by atoms with van der Waals surface area (Å²) >= 11 is 0. The lowest BCUT2D eigenvalue weighted by Crippen LogP contribution is -2.63. The van der Waals surface area contributed by atoms with Crippen LogP contribution in [0.3, 0.4) is 0 Å². The summed E-state index contributed by atoms with van der Waals surface area (Å²) in [6.07, 6.45) is 3.30. The lowest BCUT2D eigenvalue weighted by atomic mass is 9.94. The third-order valence-corrected chi connectivity index (χ3v) is 6.18. The van der Waals surface area contributed by atoms with E-state index in [9.17, 15) is 23.6 Å². The number of amides is 5. The molecule has 1 aromatic carbocycles. The molecule has 0 saturated carbocycles. The van der Waals surface area contributed by atoms with E-state index in [0.717, 1.165) is 4.90 Å². The molecule has 2 saturated heterocycles. The molecule has 3 aliphatic heterocycles. The van der Waals surface area contributed by atoms with Gasteiger partial charge in [-0.1, -0.05) is 12.1 Å². The average Bonchev–Trinajstić information content (AvgIpc) is 2.84. The van der Waals surface area contributed by atoms with Crippen LogP contribution < -0.4 is 5.32 Å². The fourth-order valence-electron chi connectivity index (χ4n) is 4.25. The average molecular weight is 469 g/mol. The number of amidine groups is 1. The normalized spacial score (nSPS) is 20.4. The fourth-order valence-corrected chi connectivity index (χ4v) is 4.25. The zero-order valence-corrected chi connectivity index (χ0v) is 19.0. The van der Waals surface area contributed by atoms with Gasteiger partial charge >= 0.3 is 6.03 Å². The largest absolute Gasteiger partial charge is 0.350 e. The Morgan fingerprint density at radius 1 is 1.18 bits per heavy atom. The van der Waals surface area contributed by atoms with Crippen molar-refractivity contribution in [2.45, 2.75) is 13.5 Å². The minimum Gasteiger partial charge on any atom is -0.350 e. The van der Waals surface area contributed by atoms with Crippen molar-refractivity contribution in [3.8, 4) is 0 Å². The molecule has 1 atom stereocenters. The Balaban J connectivity index is 1.50. The standard InChI is InChI=1S/C23H25FN6O4/c1-15(31)28-9-11-29(12-10-28)18-7-8-25-21-20(18)22(33)30(23(34)27(21)2)14-19(32)26-13-16-3-5-17(24)6-4-16/h3-8,20H,9-14H2,1-2H3/p+1. The first kappa shape index (κ1) is 23.3. The van der Waals surface area contributed by atoms with E-state index in [1.807, 2.05) is 4.58 Å². The van der Waals surface area contributed by atoms with Gasteiger partial charge in [0, 0.05) is 32.8 Å². The predicted molar refractivity (Wildman–Crippen MR) is 120 cm³/mol. The van der Waals surface area contributed by atoms with E-state index in [0.29, 0.717) is 43.3 Å². The smallest absolute Gasteiger partial charge is 0.332 e. The molecule has 1 N–H and O–H groups in total. The van der Waals surface area contributed by atoms with Crippen LogP contribution in [0.2, 0.25) is 0 Å². The summed E-state index contributed by atoms with van der Waals surface area (Å²) in [7, 11) is 1.52. The molecule has 5 amide bonds. The first-order valence-corrected chi connectivity index (χ1v) is 11.0. The predicted octanol–water partition coefficient (Wildman–Crippen LogP) is 0.194. The van der Waals surface area contributed by atoms with Gasteiger partial charge in [-0.2, -0.15) is 0 Å². The van der Waals surface area contributed by atoms with Crippen LogP contribution in [-0.4, -0.2) is 94.3 Å². The number of carbonyl (C=O) groups is 4. The van der Waals surface area contributed by atoms with Crippen molar-refractivity contribution < 1.29 is 28.1 Å². The van der Waals surface area contributed by atoms with E-state index in [1.54, 1.807) is 29.3 Å². The van der Waals surface area contributed by atoms with Crippen LogP contribution in [0.4, 0.5) is 9.18 Å². The van der Waals surface area contributed by atoms with Crippen LogP contribution in [-0.2, 0) is 20.9 Å². The monoisotopic (exact) mass is 469 g/mol. The Morgan fingerprint density at radius 2 is 1.85 bits per heavy atom. The van der Waals surface area contributed by atoms with Gasteiger partial charge in [0.05, 0.1) is 13.1 Å². The molecule has 0 aliphatic carbocycles. The summed E-state index contributed by atoms with van der Waals surface area (Å²) in [5, 5.41) is 2.66. The third kappa shape index (κ3) is 4.59. The molecule has 2 fully saturated rings. The van der Waals surface area contributed by atoms with Gasteiger partial charge in [0.2, 0.25) is 11.8 Å². The molecule has 0 bridgehead atoms. The minimum absolute atomic E-state index is 0.00276. The maximum absolute atomic E-state index is 13.4. The van der Waals surface area contributed by atoms with Crippen LogP contribution in [0.1, 0.15) is 12.5 Å². The number of piperazine rings is 1. The first-order chi connectivity index (χ1) is 16.3. The van der Waals surface area contributed by atoms with Gasteiger partial charge in [-0.3, -0.25) is 24.2 Å². The van der Waals surface area contributed by atoms with Gasteiger partial charge in [0.15, 0.2) is 24.7 Å². The van der Waals surface area contributed by atoms with Crippen molar-refractivity contribution >= 4 is 35.3 Å². The van der Waals surface area contributed by atoms with E-state index in [2.05, 4.69) is 10.3 Å². The van der Waals surface area contributed by atoms with E-state index in [4.69, 9.17) is 0 Å². The van der Waals surface area contributed by atoms with Gasteiger partial charge < -0.3 is 10.2 Å². The zero-order valence-electron chi connectivity index (χ0n) is 19.0. The Kier molecular flexibility index (Phi) is 6.53. The van der Waals surface area contributed by atoms with Crippen molar-refractivity contribution in [1.29, 1.82) is 0 Å². The number of rotatable bonds is 4. The second kappa shape index (κ2) is 9.54. The van der Waals surface area contributed by atoms with Crippen molar-refractivity contribution in [1.82, 2.24) is 20.0 Å². The maximum Gasteiger partial charge on any atom is 0.332 e. The number of hydrogen-bond donors (Lipinski definition) is 1. The van der Waals surface area contributed by atoms with Crippen LogP contribution in [0.15, 0.2) is 41.5 Å². The number of nitrogens with zero attached hydrogens (tertiary/aromatic N) is 5. The molecule has 3 heterocycles. The van der Waals surface area contributed by atoms with Crippen molar-refractivity contribution in [3.05, 3.63) is 47.9 Å². The number of hydrogen-bond acceptors (Lipinski definition) is 5. The van der Waals surface area contributed by atoms with Gasteiger partial charge in [-0.25, -0.2) is 18.8 Å². The van der Waals surface area contributed by atoms with Gasteiger partial charge in [0.25, 0.3) is 5.91 Å². The van der Waals surface area contributed by atoms with Gasteiger partial charge in [-0.05, 0) is 17.7 Å². The number of benzene rings is 1. The second-order valence-corrected chi connectivity index (χ2v) is 8.32. The SMILES string of the molecule is CC(=O)N1CC[N+](=C2C=CN=C3C2C(=O)N(CC(=O)NCc2ccc(F)cc2)C(=O)N3C)CC1. The molecule has 3 aliphatic rings. The van der Waals surface area contributed by atoms with E-state index in [-0.39, 0.29) is 18.3 Å². The summed E-state index contributed by atoms with van der Waals surface area (Å²) in [4.78, 5) is 58.7. The topological polar surface area (TPSA) is 105 Å². The Morgan fingerprint density at radius 3 is 2.50 bits per heavy atom. The van der Waals surface area contributed by atoms with Crippen LogP contribution in [0.5, 0.6) is 0 Å². The highest BCUT2D eigenvalue weighted by Gasteiger charge is 2.49. The lowest BCUT2D eigenvalue weighted by Gasteiger charge is -2.37. The Bertz CT molecular complexity index is 1120. The molecule has 34 heavy (non-hydrogen) atoms. The van der Waals surface area contributed by atoms with Crippen molar-refractivity contribution in [2.24, 2.45) is 10.9 Å². The van der Waals surface area contributed by atoms with Crippen LogP contribution in [0.25, 0.3) is 0 Å². The van der Waals surface area contributed by atoms with Crippen molar-refractivity contribution in [2.75, 3.05) is 39.8 Å². The fraction of sp³-hybridized carbons (Fsp3) is 0.391. The highest BCUT2D eigenvalue weighted by molar-refractivity contribution is 6.31. The van der Waals surface area contributed by atoms with Gasteiger partial charge in [0.1, 0.15) is 18.2 Å².